The van der Waals surface area contributed by atoms with Crippen LogP contribution >= 0.6 is 11.3 Å². The first-order valence-electron chi connectivity index (χ1n) is 9.06. The average molecular weight is 353 g/mol. The molecule has 25 heavy (non-hydrogen) atoms. The predicted octanol–water partition coefficient (Wildman–Crippen LogP) is 4.60. The van der Waals surface area contributed by atoms with Crippen LogP contribution in [0.2, 0.25) is 0 Å². The molecule has 4 rings (SSSR count). The van der Waals surface area contributed by atoms with E-state index in [9.17, 15) is 4.79 Å². The van der Waals surface area contributed by atoms with Gasteiger partial charge in [-0.05, 0) is 42.3 Å². The second-order valence-corrected chi connectivity index (χ2v) is 7.79. The van der Waals surface area contributed by atoms with Crippen molar-refractivity contribution in [3.8, 4) is 0 Å². The maximum Gasteiger partial charge on any atom is 0.220 e. The van der Waals surface area contributed by atoms with E-state index in [-0.39, 0.29) is 11.9 Å². The number of para-hydroxylation sites is 2. The number of aryl methyl sites for hydroxylation is 1. The second-order valence-electron chi connectivity index (χ2n) is 6.81. The lowest BCUT2D eigenvalue weighted by atomic mass is 9.96. The summed E-state index contributed by atoms with van der Waals surface area (Å²) in [6, 6.07) is 12.4. The zero-order chi connectivity index (χ0) is 17.1. The van der Waals surface area contributed by atoms with Crippen LogP contribution in [0.5, 0.6) is 0 Å². The number of carbonyl (C=O) groups excluding carboxylic acids is 1. The SMILES string of the molecule is O=C(CCc1nc2ccccc2[nH]1)NC(c1cccs1)C1CCCC1. The predicted molar refractivity (Wildman–Crippen MR) is 102 cm³/mol. The molecular weight excluding hydrogens is 330 g/mol. The summed E-state index contributed by atoms with van der Waals surface area (Å²) in [4.78, 5) is 21.7. The molecule has 1 saturated carbocycles. The molecule has 0 aliphatic heterocycles. The van der Waals surface area contributed by atoms with Crippen molar-refractivity contribution in [3.05, 3.63) is 52.5 Å². The number of nitrogens with one attached hydrogen (secondary N) is 2. The van der Waals surface area contributed by atoms with Crippen LogP contribution in [0.4, 0.5) is 0 Å². The van der Waals surface area contributed by atoms with Crippen LogP contribution in [-0.2, 0) is 11.2 Å². The smallest absolute Gasteiger partial charge is 0.220 e. The van der Waals surface area contributed by atoms with Crippen LogP contribution < -0.4 is 5.32 Å². The highest BCUT2D eigenvalue weighted by atomic mass is 32.1. The number of hydrogen-bond donors (Lipinski definition) is 2. The van der Waals surface area contributed by atoms with Gasteiger partial charge in [0, 0.05) is 17.7 Å². The van der Waals surface area contributed by atoms with Crippen LogP contribution in [0.15, 0.2) is 41.8 Å². The molecule has 1 amide bonds. The topological polar surface area (TPSA) is 57.8 Å². The Balaban J connectivity index is 1.39. The van der Waals surface area contributed by atoms with Crippen molar-refractivity contribution < 1.29 is 4.79 Å². The molecule has 1 aliphatic rings. The number of benzene rings is 1. The van der Waals surface area contributed by atoms with E-state index in [1.807, 2.05) is 24.3 Å². The molecular formula is C20H23N3OS. The molecule has 0 radical (unpaired) electrons. The van der Waals surface area contributed by atoms with E-state index < -0.39 is 0 Å². The van der Waals surface area contributed by atoms with Crippen molar-refractivity contribution in [1.82, 2.24) is 15.3 Å². The Morgan fingerprint density at radius 1 is 1.24 bits per heavy atom. The van der Waals surface area contributed by atoms with E-state index in [1.54, 1.807) is 11.3 Å². The monoisotopic (exact) mass is 353 g/mol. The summed E-state index contributed by atoms with van der Waals surface area (Å²) in [6.07, 6.45) is 6.10. The highest BCUT2D eigenvalue weighted by molar-refractivity contribution is 7.10. The summed E-state index contributed by atoms with van der Waals surface area (Å²) in [5.41, 5.74) is 1.99. The Labute approximate surface area is 151 Å². The summed E-state index contributed by atoms with van der Waals surface area (Å²) in [5, 5.41) is 5.39. The van der Waals surface area contributed by atoms with Gasteiger partial charge in [-0.1, -0.05) is 31.0 Å². The van der Waals surface area contributed by atoms with Crippen molar-refractivity contribution in [2.45, 2.75) is 44.6 Å². The number of nitrogens with zero attached hydrogens (tertiary/aromatic N) is 1. The van der Waals surface area contributed by atoms with Gasteiger partial charge in [-0.2, -0.15) is 0 Å². The number of hydrogen-bond acceptors (Lipinski definition) is 3. The number of amides is 1. The molecule has 1 unspecified atom stereocenters. The zero-order valence-electron chi connectivity index (χ0n) is 14.2. The third-order valence-electron chi connectivity index (χ3n) is 5.06. The Morgan fingerprint density at radius 3 is 2.84 bits per heavy atom. The van der Waals surface area contributed by atoms with Gasteiger partial charge < -0.3 is 10.3 Å². The van der Waals surface area contributed by atoms with Crippen LogP contribution in [0.25, 0.3) is 11.0 Å². The number of imidazole rings is 1. The third kappa shape index (κ3) is 3.76. The fourth-order valence-electron chi connectivity index (χ4n) is 3.78. The van der Waals surface area contributed by atoms with E-state index in [1.165, 1.54) is 30.6 Å². The molecule has 130 valence electrons. The fraction of sp³-hybridized carbons (Fsp3) is 0.400. The number of carbonyl (C=O) groups is 1. The van der Waals surface area contributed by atoms with E-state index in [0.29, 0.717) is 18.8 Å². The number of thiophene rings is 1. The molecule has 1 atom stereocenters. The van der Waals surface area contributed by atoms with E-state index in [0.717, 1.165) is 16.9 Å². The highest BCUT2D eigenvalue weighted by Crippen LogP contribution is 2.37. The molecule has 2 N–H and O–H groups in total. The van der Waals surface area contributed by atoms with Crippen LogP contribution in [-0.4, -0.2) is 15.9 Å². The average Bonchev–Trinajstić information content (AvgIpc) is 3.39. The molecule has 0 bridgehead atoms. The standard InChI is InChI=1S/C20H23N3OS/c24-19(12-11-18-21-15-8-3-4-9-16(15)22-18)23-20(14-6-1-2-7-14)17-10-5-13-25-17/h3-5,8-10,13-14,20H,1-2,6-7,11-12H2,(H,21,22)(H,23,24). The number of fused-ring (bicyclic) bond motifs is 1. The zero-order valence-corrected chi connectivity index (χ0v) is 15.0. The molecule has 1 fully saturated rings. The number of aromatic amines is 1. The summed E-state index contributed by atoms with van der Waals surface area (Å²) >= 11 is 1.74. The maximum atomic E-state index is 12.5. The lowest BCUT2D eigenvalue weighted by Gasteiger charge is -2.23. The lowest BCUT2D eigenvalue weighted by Crippen LogP contribution is -2.32. The minimum Gasteiger partial charge on any atom is -0.348 e. The van der Waals surface area contributed by atoms with Crippen LogP contribution in [0.3, 0.4) is 0 Å². The van der Waals surface area contributed by atoms with Crippen molar-refractivity contribution in [2.75, 3.05) is 0 Å². The quantitative estimate of drug-likeness (QED) is 0.680. The number of rotatable bonds is 6. The second kappa shape index (κ2) is 7.40. The molecule has 2 aromatic heterocycles. The molecule has 2 heterocycles. The minimum atomic E-state index is 0.116. The van der Waals surface area contributed by atoms with Crippen molar-refractivity contribution in [1.29, 1.82) is 0 Å². The lowest BCUT2D eigenvalue weighted by molar-refractivity contribution is -0.122. The molecule has 1 aliphatic carbocycles. The Morgan fingerprint density at radius 2 is 2.08 bits per heavy atom. The Kier molecular flexibility index (Phi) is 4.83. The first-order chi connectivity index (χ1) is 12.3. The highest BCUT2D eigenvalue weighted by Gasteiger charge is 2.28. The first-order valence-corrected chi connectivity index (χ1v) is 9.94. The first kappa shape index (κ1) is 16.3. The largest absolute Gasteiger partial charge is 0.348 e. The molecule has 3 aromatic rings. The summed E-state index contributed by atoms with van der Waals surface area (Å²) in [6.45, 7) is 0. The van der Waals surface area contributed by atoms with Crippen LogP contribution in [0, 0.1) is 5.92 Å². The Bertz CT molecular complexity index is 801. The third-order valence-corrected chi connectivity index (χ3v) is 6.02. The maximum absolute atomic E-state index is 12.5. The van der Waals surface area contributed by atoms with Gasteiger partial charge in [0.05, 0.1) is 17.1 Å². The minimum absolute atomic E-state index is 0.116. The van der Waals surface area contributed by atoms with Crippen molar-refractivity contribution in [2.24, 2.45) is 5.92 Å². The van der Waals surface area contributed by atoms with Gasteiger partial charge in [-0.3, -0.25) is 4.79 Å². The van der Waals surface area contributed by atoms with E-state index >= 15 is 0 Å². The molecule has 4 nitrogen and oxygen atoms in total. The van der Waals surface area contributed by atoms with Crippen LogP contribution in [0.1, 0.15) is 48.8 Å². The normalized spacial score (nSPS) is 16.3. The van der Waals surface area contributed by atoms with Gasteiger partial charge in [0.15, 0.2) is 0 Å². The van der Waals surface area contributed by atoms with Gasteiger partial charge in [-0.15, -0.1) is 11.3 Å². The number of H-pyrrole nitrogens is 1. The van der Waals surface area contributed by atoms with E-state index in [4.69, 9.17) is 0 Å². The van der Waals surface area contributed by atoms with Crippen molar-refractivity contribution in [3.63, 3.8) is 0 Å². The summed E-state index contributed by atoms with van der Waals surface area (Å²) in [5.74, 6) is 1.57. The van der Waals surface area contributed by atoms with Gasteiger partial charge in [0.25, 0.3) is 0 Å². The summed E-state index contributed by atoms with van der Waals surface area (Å²) in [7, 11) is 0. The van der Waals surface area contributed by atoms with Crippen molar-refractivity contribution >= 4 is 28.3 Å². The molecule has 0 spiro atoms. The number of aromatic nitrogens is 2. The van der Waals surface area contributed by atoms with E-state index in [2.05, 4.69) is 32.8 Å². The molecule has 1 aromatic carbocycles. The van der Waals surface area contributed by atoms with Gasteiger partial charge in [-0.25, -0.2) is 4.98 Å². The van der Waals surface area contributed by atoms with Gasteiger partial charge in [0.2, 0.25) is 5.91 Å². The summed E-state index contributed by atoms with van der Waals surface area (Å²) < 4.78 is 0. The Hall–Kier alpha value is -2.14. The van der Waals surface area contributed by atoms with Gasteiger partial charge in [0.1, 0.15) is 5.82 Å². The molecule has 0 saturated heterocycles. The fourth-order valence-corrected chi connectivity index (χ4v) is 4.65. The van der Waals surface area contributed by atoms with Gasteiger partial charge >= 0.3 is 0 Å². The molecule has 5 heteroatoms.